The Morgan fingerprint density at radius 2 is 1.90 bits per heavy atom. The van der Waals surface area contributed by atoms with E-state index in [1.807, 2.05) is 0 Å². The zero-order chi connectivity index (χ0) is 14.8. The molecule has 2 rings (SSSR count). The summed E-state index contributed by atoms with van der Waals surface area (Å²) in [7, 11) is 0. The van der Waals surface area contributed by atoms with Crippen LogP contribution in [-0.4, -0.2) is 6.54 Å². The number of benzene rings is 1. The van der Waals surface area contributed by atoms with Crippen LogP contribution in [0.25, 0.3) is 0 Å². The topological polar surface area (TPSA) is 26.0 Å². The summed E-state index contributed by atoms with van der Waals surface area (Å²) in [6.07, 6.45) is 5.22. The highest BCUT2D eigenvalue weighted by atomic mass is 14.6. The van der Waals surface area contributed by atoms with E-state index in [9.17, 15) is 0 Å². The second kappa shape index (κ2) is 6.30. The Labute approximate surface area is 125 Å². The predicted molar refractivity (Wildman–Crippen MR) is 87.7 cm³/mol. The molecule has 0 spiro atoms. The van der Waals surface area contributed by atoms with Gasteiger partial charge in [0.05, 0.1) is 0 Å². The molecule has 0 radical (unpaired) electrons. The monoisotopic (exact) mass is 273 g/mol. The van der Waals surface area contributed by atoms with E-state index in [-0.39, 0.29) is 0 Å². The van der Waals surface area contributed by atoms with Gasteiger partial charge in [-0.25, -0.2) is 0 Å². The standard InChI is InChI=1S/C19H31N/c1-14-6-5-7-15(10-14)11-17-12-18(19(2,3)4)9-8-16(17)13-20/h5-7,10,16-18H,8-9,11-13,20H2,1-4H3. The molecule has 1 aromatic carbocycles. The van der Waals surface area contributed by atoms with E-state index in [1.54, 1.807) is 0 Å². The SMILES string of the molecule is Cc1cccc(CC2CC(C(C)(C)C)CCC2CN)c1. The highest BCUT2D eigenvalue weighted by Crippen LogP contribution is 2.43. The molecule has 0 aliphatic heterocycles. The van der Waals surface area contributed by atoms with Gasteiger partial charge in [0.15, 0.2) is 0 Å². The van der Waals surface area contributed by atoms with Gasteiger partial charge >= 0.3 is 0 Å². The lowest BCUT2D eigenvalue weighted by Gasteiger charge is -2.41. The largest absolute Gasteiger partial charge is 0.330 e. The predicted octanol–water partition coefficient (Wildman–Crippen LogP) is 4.57. The summed E-state index contributed by atoms with van der Waals surface area (Å²) in [4.78, 5) is 0. The Balaban J connectivity index is 2.09. The first-order valence-corrected chi connectivity index (χ1v) is 8.15. The van der Waals surface area contributed by atoms with E-state index in [0.29, 0.717) is 11.3 Å². The summed E-state index contributed by atoms with van der Waals surface area (Å²) >= 11 is 0. The highest BCUT2D eigenvalue weighted by Gasteiger charge is 2.35. The highest BCUT2D eigenvalue weighted by molar-refractivity contribution is 5.22. The maximum Gasteiger partial charge on any atom is -0.00461 e. The third kappa shape index (κ3) is 3.85. The average Bonchev–Trinajstić information content (AvgIpc) is 2.37. The van der Waals surface area contributed by atoms with Crippen molar-refractivity contribution < 1.29 is 0 Å². The molecule has 0 heterocycles. The molecule has 1 aliphatic carbocycles. The van der Waals surface area contributed by atoms with Gasteiger partial charge in [0.2, 0.25) is 0 Å². The van der Waals surface area contributed by atoms with Crippen molar-refractivity contribution in [1.82, 2.24) is 0 Å². The first-order chi connectivity index (χ1) is 9.40. The first kappa shape index (κ1) is 15.6. The van der Waals surface area contributed by atoms with E-state index in [0.717, 1.165) is 18.4 Å². The zero-order valence-electron chi connectivity index (χ0n) is 13.7. The van der Waals surface area contributed by atoms with Crippen LogP contribution in [0.15, 0.2) is 24.3 Å². The van der Waals surface area contributed by atoms with E-state index in [4.69, 9.17) is 5.73 Å². The van der Waals surface area contributed by atoms with E-state index in [1.165, 1.54) is 36.8 Å². The molecule has 3 atom stereocenters. The van der Waals surface area contributed by atoms with Gasteiger partial charge in [-0.1, -0.05) is 50.6 Å². The fourth-order valence-electron chi connectivity index (χ4n) is 3.82. The number of hydrogen-bond acceptors (Lipinski definition) is 1. The summed E-state index contributed by atoms with van der Waals surface area (Å²) in [5, 5.41) is 0. The molecule has 112 valence electrons. The Hall–Kier alpha value is -0.820. The molecule has 3 unspecified atom stereocenters. The lowest BCUT2D eigenvalue weighted by Crippen LogP contribution is -2.36. The van der Waals surface area contributed by atoms with Gasteiger partial charge in [-0.15, -0.1) is 0 Å². The molecule has 1 heteroatoms. The van der Waals surface area contributed by atoms with Crippen molar-refractivity contribution in [3.05, 3.63) is 35.4 Å². The number of rotatable bonds is 3. The molecule has 1 nitrogen and oxygen atoms in total. The van der Waals surface area contributed by atoms with Crippen molar-refractivity contribution in [3.63, 3.8) is 0 Å². The minimum atomic E-state index is 0.435. The number of aryl methyl sites for hydroxylation is 1. The number of nitrogens with two attached hydrogens (primary N) is 1. The minimum Gasteiger partial charge on any atom is -0.330 e. The smallest absolute Gasteiger partial charge is 0.00461 e. The Bertz CT molecular complexity index is 430. The van der Waals surface area contributed by atoms with Gasteiger partial charge in [-0.3, -0.25) is 0 Å². The molecule has 0 amide bonds. The van der Waals surface area contributed by atoms with Crippen molar-refractivity contribution in [2.45, 2.75) is 53.4 Å². The molecule has 1 aliphatic rings. The molecule has 1 fully saturated rings. The van der Waals surface area contributed by atoms with Crippen molar-refractivity contribution in [1.29, 1.82) is 0 Å². The van der Waals surface area contributed by atoms with Crippen LogP contribution in [0.2, 0.25) is 0 Å². The maximum atomic E-state index is 6.03. The first-order valence-electron chi connectivity index (χ1n) is 8.15. The molecule has 0 saturated heterocycles. The van der Waals surface area contributed by atoms with Crippen LogP contribution in [0.5, 0.6) is 0 Å². The zero-order valence-corrected chi connectivity index (χ0v) is 13.7. The fourth-order valence-corrected chi connectivity index (χ4v) is 3.82. The second-order valence-electron chi connectivity index (χ2n) is 7.83. The van der Waals surface area contributed by atoms with E-state index in [2.05, 4.69) is 52.0 Å². The van der Waals surface area contributed by atoms with Crippen LogP contribution < -0.4 is 5.73 Å². The van der Waals surface area contributed by atoms with Crippen LogP contribution in [0.3, 0.4) is 0 Å². The molecule has 1 saturated carbocycles. The van der Waals surface area contributed by atoms with Crippen LogP contribution >= 0.6 is 0 Å². The van der Waals surface area contributed by atoms with E-state index >= 15 is 0 Å². The molecule has 0 bridgehead atoms. The Morgan fingerprint density at radius 1 is 1.15 bits per heavy atom. The Morgan fingerprint density at radius 3 is 2.50 bits per heavy atom. The van der Waals surface area contributed by atoms with Crippen LogP contribution in [0.4, 0.5) is 0 Å². The quantitative estimate of drug-likeness (QED) is 0.857. The third-order valence-corrected chi connectivity index (χ3v) is 5.25. The van der Waals surface area contributed by atoms with Gasteiger partial charge < -0.3 is 5.73 Å². The summed E-state index contributed by atoms with van der Waals surface area (Å²) in [5.74, 6) is 2.33. The lowest BCUT2D eigenvalue weighted by atomic mass is 9.64. The second-order valence-corrected chi connectivity index (χ2v) is 7.83. The van der Waals surface area contributed by atoms with E-state index < -0.39 is 0 Å². The third-order valence-electron chi connectivity index (χ3n) is 5.25. The fraction of sp³-hybridized carbons (Fsp3) is 0.684. The van der Waals surface area contributed by atoms with Crippen molar-refractivity contribution in [3.8, 4) is 0 Å². The molecule has 2 N–H and O–H groups in total. The molecule has 0 aromatic heterocycles. The van der Waals surface area contributed by atoms with Gasteiger partial charge in [0, 0.05) is 0 Å². The normalized spacial score (nSPS) is 27.6. The van der Waals surface area contributed by atoms with Gasteiger partial charge in [-0.05, 0) is 67.9 Å². The summed E-state index contributed by atoms with van der Waals surface area (Å²) in [6.45, 7) is 10.2. The van der Waals surface area contributed by atoms with Crippen molar-refractivity contribution in [2.75, 3.05) is 6.54 Å². The summed E-state index contributed by atoms with van der Waals surface area (Å²) in [5.41, 5.74) is 9.33. The van der Waals surface area contributed by atoms with Crippen LogP contribution in [-0.2, 0) is 6.42 Å². The molecular weight excluding hydrogens is 242 g/mol. The van der Waals surface area contributed by atoms with Gasteiger partial charge in [-0.2, -0.15) is 0 Å². The van der Waals surface area contributed by atoms with Crippen molar-refractivity contribution >= 4 is 0 Å². The van der Waals surface area contributed by atoms with Gasteiger partial charge in [0.1, 0.15) is 0 Å². The number of hydrogen-bond donors (Lipinski definition) is 1. The summed E-state index contributed by atoms with van der Waals surface area (Å²) < 4.78 is 0. The van der Waals surface area contributed by atoms with Crippen LogP contribution in [0, 0.1) is 30.1 Å². The van der Waals surface area contributed by atoms with Crippen molar-refractivity contribution in [2.24, 2.45) is 28.9 Å². The summed E-state index contributed by atoms with van der Waals surface area (Å²) in [6, 6.07) is 8.99. The maximum absolute atomic E-state index is 6.03. The Kier molecular flexibility index (Phi) is 4.90. The minimum absolute atomic E-state index is 0.435. The molecule has 20 heavy (non-hydrogen) atoms. The molecular formula is C19H31N. The van der Waals surface area contributed by atoms with Gasteiger partial charge in [0.25, 0.3) is 0 Å². The molecule has 1 aromatic rings. The van der Waals surface area contributed by atoms with Crippen LogP contribution in [0.1, 0.15) is 51.2 Å². The average molecular weight is 273 g/mol. The lowest BCUT2D eigenvalue weighted by molar-refractivity contribution is 0.101.